The Balaban J connectivity index is 0.00000353. The summed E-state index contributed by atoms with van der Waals surface area (Å²) in [4.78, 5) is 39.6. The standard InChI is InChI=1S/C29H30N2O7.BrH/c1-14-22-13-31(12-11-20(22)15(2)25-24(14)21-9-7-8-10-23(21)30-25)29-28(38-19(6)34)27(37-18(5)33)26(16(3)35-29)36-17(4)32;/h7-13,16,26-29H,1-6H3;1H/t16-,26+,27+,28-,29-;/m1./s1. The average molecular weight is 599 g/mol. The van der Waals surface area contributed by atoms with E-state index in [2.05, 4.69) is 31.0 Å². The molecule has 0 amide bonds. The molecule has 1 N–H and O–H groups in total. The van der Waals surface area contributed by atoms with Crippen LogP contribution in [0.3, 0.4) is 0 Å². The molecule has 3 heterocycles. The van der Waals surface area contributed by atoms with Crippen molar-refractivity contribution in [3.8, 4) is 0 Å². The van der Waals surface area contributed by atoms with Gasteiger partial charge in [0.05, 0.1) is 5.52 Å². The molecule has 206 valence electrons. The summed E-state index contributed by atoms with van der Waals surface area (Å²) in [5.74, 6) is -1.73. The van der Waals surface area contributed by atoms with Crippen molar-refractivity contribution in [2.45, 2.75) is 72.2 Å². The van der Waals surface area contributed by atoms with Crippen LogP contribution in [0.5, 0.6) is 0 Å². The molecule has 0 radical (unpaired) electrons. The second-order valence-corrected chi connectivity index (χ2v) is 9.84. The van der Waals surface area contributed by atoms with Crippen molar-refractivity contribution in [3.05, 3.63) is 53.9 Å². The van der Waals surface area contributed by atoms with Gasteiger partial charge in [-0.25, -0.2) is 0 Å². The van der Waals surface area contributed by atoms with Crippen LogP contribution in [-0.4, -0.2) is 47.3 Å². The van der Waals surface area contributed by atoms with Gasteiger partial charge < -0.3 is 40.9 Å². The molecule has 9 nitrogen and oxygen atoms in total. The number of nitrogens with one attached hydrogen (secondary N) is 1. The molecular weight excluding hydrogens is 568 g/mol. The highest BCUT2D eigenvalue weighted by molar-refractivity contribution is 6.16. The van der Waals surface area contributed by atoms with Gasteiger partial charge in [0, 0.05) is 48.5 Å². The van der Waals surface area contributed by atoms with Crippen molar-refractivity contribution in [2.24, 2.45) is 0 Å². The minimum atomic E-state index is -1.06. The van der Waals surface area contributed by atoms with Gasteiger partial charge in [0.15, 0.2) is 24.6 Å². The van der Waals surface area contributed by atoms with Crippen LogP contribution < -0.4 is 21.5 Å². The molecular formula is C29H31BrN2O7. The van der Waals surface area contributed by atoms with Gasteiger partial charge in [-0.15, -0.1) is 0 Å². The van der Waals surface area contributed by atoms with Crippen molar-refractivity contribution >= 4 is 50.5 Å². The number of benzene rings is 2. The van der Waals surface area contributed by atoms with Crippen LogP contribution in [-0.2, 0) is 33.3 Å². The van der Waals surface area contributed by atoms with Gasteiger partial charge in [-0.3, -0.25) is 14.4 Å². The first-order valence-electron chi connectivity index (χ1n) is 12.6. The number of carbonyl (C=O) groups excluding carboxylic acids is 3. The summed E-state index contributed by atoms with van der Waals surface area (Å²) in [5.41, 5.74) is 4.37. The highest BCUT2D eigenvalue weighted by Gasteiger charge is 2.54. The number of aryl methyl sites for hydroxylation is 2. The Labute approximate surface area is 236 Å². The number of para-hydroxylation sites is 1. The van der Waals surface area contributed by atoms with Crippen LogP contribution in [0.4, 0.5) is 0 Å². The Bertz CT molecular complexity index is 1600. The molecule has 4 aromatic rings. The molecule has 1 fully saturated rings. The summed E-state index contributed by atoms with van der Waals surface area (Å²) in [6.45, 7) is 9.69. The van der Waals surface area contributed by atoms with Crippen molar-refractivity contribution in [1.29, 1.82) is 0 Å². The maximum absolute atomic E-state index is 12.1. The summed E-state index contributed by atoms with van der Waals surface area (Å²) < 4.78 is 24.8. The number of halogens is 1. The van der Waals surface area contributed by atoms with E-state index < -0.39 is 48.6 Å². The average Bonchev–Trinajstić information content (AvgIpc) is 3.25. The first-order chi connectivity index (χ1) is 18.1. The van der Waals surface area contributed by atoms with E-state index in [4.69, 9.17) is 18.9 Å². The van der Waals surface area contributed by atoms with Crippen molar-refractivity contribution < 1.29 is 54.9 Å². The third-order valence-corrected chi connectivity index (χ3v) is 7.19. The quantitative estimate of drug-likeness (QED) is 0.213. The van der Waals surface area contributed by atoms with Crippen molar-refractivity contribution in [2.75, 3.05) is 0 Å². The number of ether oxygens (including phenoxy) is 4. The minimum absolute atomic E-state index is 0. The lowest BCUT2D eigenvalue weighted by molar-refractivity contribution is -0.776. The van der Waals surface area contributed by atoms with Gasteiger partial charge in [-0.2, -0.15) is 4.57 Å². The summed E-state index contributed by atoms with van der Waals surface area (Å²) in [6.07, 6.45) is -0.741. The van der Waals surface area contributed by atoms with E-state index in [-0.39, 0.29) is 17.0 Å². The number of H-pyrrole nitrogens is 1. The number of fused-ring (bicyclic) bond motifs is 4. The Morgan fingerprint density at radius 3 is 2.10 bits per heavy atom. The predicted octanol–water partition coefficient (Wildman–Crippen LogP) is 1.10. The highest BCUT2D eigenvalue weighted by atomic mass is 79.9. The molecule has 0 unspecified atom stereocenters. The fourth-order valence-electron chi connectivity index (χ4n) is 5.61. The molecule has 10 heteroatoms. The summed E-state index contributed by atoms with van der Waals surface area (Å²) >= 11 is 0. The van der Waals surface area contributed by atoms with E-state index in [1.54, 1.807) is 6.92 Å². The van der Waals surface area contributed by atoms with Crippen molar-refractivity contribution in [3.63, 3.8) is 0 Å². The lowest BCUT2D eigenvalue weighted by atomic mass is 9.95. The van der Waals surface area contributed by atoms with E-state index in [1.165, 1.54) is 20.8 Å². The smallest absolute Gasteiger partial charge is 0.304 e. The number of rotatable bonds is 4. The zero-order valence-electron chi connectivity index (χ0n) is 22.6. The lowest BCUT2D eigenvalue weighted by Crippen LogP contribution is -3.00. The first kappa shape index (κ1) is 28.5. The fourth-order valence-corrected chi connectivity index (χ4v) is 5.61. The number of esters is 3. The number of hydrogen-bond donors (Lipinski definition) is 1. The molecule has 0 spiro atoms. The highest BCUT2D eigenvalue weighted by Crippen LogP contribution is 2.37. The molecule has 1 saturated heterocycles. The number of aromatic amines is 1. The second-order valence-electron chi connectivity index (χ2n) is 9.84. The lowest BCUT2D eigenvalue weighted by Gasteiger charge is -2.41. The zero-order chi connectivity index (χ0) is 27.3. The number of carbonyl (C=O) groups is 3. The van der Waals surface area contributed by atoms with E-state index in [0.717, 1.165) is 43.7 Å². The number of nitrogens with zero attached hydrogens (tertiary/aromatic N) is 1. The topological polar surface area (TPSA) is 108 Å². The van der Waals surface area contributed by atoms with E-state index >= 15 is 0 Å². The maximum Gasteiger partial charge on any atom is 0.304 e. The van der Waals surface area contributed by atoms with Crippen LogP contribution in [0.25, 0.3) is 32.6 Å². The van der Waals surface area contributed by atoms with E-state index in [0.29, 0.717) is 0 Å². The van der Waals surface area contributed by atoms with E-state index in [9.17, 15) is 14.4 Å². The summed E-state index contributed by atoms with van der Waals surface area (Å²) in [7, 11) is 0. The molecule has 0 bridgehead atoms. The van der Waals surface area contributed by atoms with Gasteiger partial charge in [-0.1, -0.05) is 18.2 Å². The molecule has 39 heavy (non-hydrogen) atoms. The second kappa shape index (κ2) is 10.9. The molecule has 0 aliphatic carbocycles. The monoisotopic (exact) mass is 598 g/mol. The summed E-state index contributed by atoms with van der Waals surface area (Å²) in [6, 6.07) is 10.2. The van der Waals surface area contributed by atoms with Crippen LogP contribution in [0, 0.1) is 13.8 Å². The van der Waals surface area contributed by atoms with Gasteiger partial charge >= 0.3 is 24.1 Å². The molecule has 5 rings (SSSR count). The van der Waals surface area contributed by atoms with E-state index in [1.807, 2.05) is 35.2 Å². The third kappa shape index (κ3) is 5.10. The number of pyridine rings is 1. The SMILES string of the molecule is CC(=O)O[C@@H]1[C@@H](OC(C)=O)[C@H]([n+]2ccc3c(C)c4[nH]c5ccccc5c4c(C)c3c2)O[C@H](C)[C@@H]1OC(C)=O.[Br-]. The molecule has 5 atom stereocenters. The summed E-state index contributed by atoms with van der Waals surface area (Å²) in [5, 5.41) is 4.36. The Morgan fingerprint density at radius 1 is 0.821 bits per heavy atom. The molecule has 2 aromatic heterocycles. The van der Waals surface area contributed by atoms with Gasteiger partial charge in [0.1, 0.15) is 6.10 Å². The molecule has 0 saturated carbocycles. The van der Waals surface area contributed by atoms with Crippen LogP contribution in [0.15, 0.2) is 42.7 Å². The number of hydrogen-bond acceptors (Lipinski definition) is 7. The molecule has 1 aliphatic heterocycles. The van der Waals surface area contributed by atoms with Crippen LogP contribution in [0.2, 0.25) is 0 Å². The third-order valence-electron chi connectivity index (χ3n) is 7.19. The van der Waals surface area contributed by atoms with Gasteiger partial charge in [0.2, 0.25) is 6.10 Å². The largest absolute Gasteiger partial charge is 1.00 e. The molecule has 2 aromatic carbocycles. The normalized spacial score (nSPS) is 22.9. The Kier molecular flexibility index (Phi) is 7.99. The maximum atomic E-state index is 12.1. The van der Waals surface area contributed by atoms with Crippen LogP contribution in [0.1, 0.15) is 45.0 Å². The first-order valence-corrected chi connectivity index (χ1v) is 12.6. The molecule has 1 aliphatic rings. The zero-order valence-corrected chi connectivity index (χ0v) is 24.2. The Hall–Kier alpha value is -3.50. The number of aromatic nitrogens is 2. The van der Waals surface area contributed by atoms with Crippen molar-refractivity contribution in [1.82, 2.24) is 4.98 Å². The van der Waals surface area contributed by atoms with Gasteiger partial charge in [-0.05, 0) is 43.4 Å². The Morgan fingerprint density at radius 2 is 1.44 bits per heavy atom. The fraction of sp³-hybridized carbons (Fsp3) is 0.379. The predicted molar refractivity (Wildman–Crippen MR) is 139 cm³/mol. The minimum Gasteiger partial charge on any atom is -1.00 e. The van der Waals surface area contributed by atoms with Crippen LogP contribution >= 0.6 is 0 Å². The van der Waals surface area contributed by atoms with Gasteiger partial charge in [0.25, 0.3) is 0 Å².